The molecule has 9 heteroatoms. The van der Waals surface area contributed by atoms with E-state index in [1.807, 2.05) is 0 Å². The number of rotatable bonds is 6. The van der Waals surface area contributed by atoms with E-state index in [1.54, 1.807) is 7.05 Å². The zero-order chi connectivity index (χ0) is 18.1. The minimum atomic E-state index is -4.06. The summed E-state index contributed by atoms with van der Waals surface area (Å²) in [5.41, 5.74) is 0. The smallest absolute Gasteiger partial charge is 0.381 e. The van der Waals surface area contributed by atoms with E-state index in [-0.39, 0.29) is 42.9 Å². The Morgan fingerprint density at radius 3 is 2.35 bits per heavy atom. The van der Waals surface area contributed by atoms with Crippen LogP contribution in [0.2, 0.25) is 0 Å². The van der Waals surface area contributed by atoms with Crippen LogP contribution in [0, 0.1) is 5.92 Å². The molecule has 0 radical (unpaired) electrons. The van der Waals surface area contributed by atoms with Crippen LogP contribution < -0.4 is 10.6 Å². The molecule has 2 fully saturated rings. The highest BCUT2D eigenvalue weighted by atomic mass is 127. The molecular weight excluding hydrogens is 462 g/mol. The third-order valence-electron chi connectivity index (χ3n) is 4.89. The zero-order valence-electron chi connectivity index (χ0n) is 15.3. The number of hydrogen-bond acceptors (Lipinski definition) is 3. The number of guanidine groups is 1. The molecule has 5 nitrogen and oxygen atoms in total. The first-order valence-corrected chi connectivity index (χ1v) is 9.22. The highest BCUT2D eigenvalue weighted by molar-refractivity contribution is 14.0. The maximum absolute atomic E-state index is 12.7. The van der Waals surface area contributed by atoms with Gasteiger partial charge in [0.2, 0.25) is 0 Å². The Morgan fingerprint density at radius 2 is 1.77 bits per heavy atom. The molecule has 1 heterocycles. The molecule has 2 rings (SSSR count). The van der Waals surface area contributed by atoms with Crippen LogP contribution in [0.15, 0.2) is 4.99 Å². The number of halogens is 4. The number of alkyl halides is 3. The van der Waals surface area contributed by atoms with Crippen LogP contribution in [-0.4, -0.2) is 57.7 Å². The SMILES string of the molecule is CN=C(NCCCOC1CCOCC1)NC1CCC(C(F)(F)F)CC1.I. The fourth-order valence-corrected chi connectivity index (χ4v) is 3.32. The van der Waals surface area contributed by atoms with Crippen molar-refractivity contribution >= 4 is 29.9 Å². The Morgan fingerprint density at radius 1 is 1.12 bits per heavy atom. The summed E-state index contributed by atoms with van der Waals surface area (Å²) in [5.74, 6) is -0.496. The summed E-state index contributed by atoms with van der Waals surface area (Å²) in [6, 6.07) is 0.0586. The van der Waals surface area contributed by atoms with Crippen LogP contribution in [-0.2, 0) is 9.47 Å². The van der Waals surface area contributed by atoms with Gasteiger partial charge in [0.15, 0.2) is 5.96 Å². The molecule has 26 heavy (non-hydrogen) atoms. The molecule has 0 atom stereocenters. The fraction of sp³-hybridized carbons (Fsp3) is 0.941. The van der Waals surface area contributed by atoms with Gasteiger partial charge in [-0.2, -0.15) is 13.2 Å². The van der Waals surface area contributed by atoms with E-state index >= 15 is 0 Å². The highest BCUT2D eigenvalue weighted by Gasteiger charge is 2.41. The average molecular weight is 493 g/mol. The number of nitrogens with one attached hydrogen (secondary N) is 2. The maximum atomic E-state index is 12.7. The van der Waals surface area contributed by atoms with Gasteiger partial charge in [-0.25, -0.2) is 0 Å². The topological polar surface area (TPSA) is 54.9 Å². The van der Waals surface area contributed by atoms with Crippen molar-refractivity contribution in [2.75, 3.05) is 33.4 Å². The summed E-state index contributed by atoms with van der Waals surface area (Å²) in [6.07, 6.45) is 0.446. The third kappa shape index (κ3) is 8.60. The van der Waals surface area contributed by atoms with Crippen LogP contribution in [0.25, 0.3) is 0 Å². The zero-order valence-corrected chi connectivity index (χ0v) is 17.6. The van der Waals surface area contributed by atoms with E-state index < -0.39 is 12.1 Å². The Labute approximate surface area is 170 Å². The summed E-state index contributed by atoms with van der Waals surface area (Å²) in [6.45, 7) is 2.96. The monoisotopic (exact) mass is 493 g/mol. The first kappa shape index (κ1) is 23.7. The molecular formula is C17H31F3IN3O2. The van der Waals surface area contributed by atoms with Crippen molar-refractivity contribution in [1.29, 1.82) is 0 Å². The van der Waals surface area contributed by atoms with Gasteiger partial charge in [-0.3, -0.25) is 4.99 Å². The highest BCUT2D eigenvalue weighted by Crippen LogP contribution is 2.37. The predicted octanol–water partition coefficient (Wildman–Crippen LogP) is 3.48. The lowest BCUT2D eigenvalue weighted by Gasteiger charge is -2.31. The molecule has 1 saturated carbocycles. The van der Waals surface area contributed by atoms with Crippen molar-refractivity contribution in [3.63, 3.8) is 0 Å². The largest absolute Gasteiger partial charge is 0.391 e. The summed E-state index contributed by atoms with van der Waals surface area (Å²) in [7, 11) is 1.68. The van der Waals surface area contributed by atoms with Gasteiger partial charge in [0.05, 0.1) is 12.0 Å². The lowest BCUT2D eigenvalue weighted by atomic mass is 9.85. The molecule has 0 bridgehead atoms. The van der Waals surface area contributed by atoms with Gasteiger partial charge >= 0.3 is 6.18 Å². The summed E-state index contributed by atoms with van der Waals surface area (Å²) in [5, 5.41) is 6.44. The van der Waals surface area contributed by atoms with Crippen molar-refractivity contribution in [1.82, 2.24) is 10.6 Å². The molecule has 0 aromatic rings. The molecule has 2 aliphatic rings. The normalized spacial score (nSPS) is 25.5. The van der Waals surface area contributed by atoms with E-state index in [4.69, 9.17) is 9.47 Å². The van der Waals surface area contributed by atoms with Gasteiger partial charge in [-0.05, 0) is 44.9 Å². The van der Waals surface area contributed by atoms with Crippen molar-refractivity contribution in [3.8, 4) is 0 Å². The van der Waals surface area contributed by atoms with Gasteiger partial charge in [-0.15, -0.1) is 24.0 Å². The predicted molar refractivity (Wildman–Crippen MR) is 106 cm³/mol. The van der Waals surface area contributed by atoms with E-state index in [0.29, 0.717) is 31.5 Å². The van der Waals surface area contributed by atoms with Crippen LogP contribution in [0.4, 0.5) is 13.2 Å². The second-order valence-corrected chi connectivity index (χ2v) is 6.77. The van der Waals surface area contributed by atoms with E-state index in [9.17, 15) is 13.2 Å². The minimum absolute atomic E-state index is 0. The van der Waals surface area contributed by atoms with Gasteiger partial charge in [0.1, 0.15) is 0 Å². The van der Waals surface area contributed by atoms with Gasteiger partial charge < -0.3 is 20.1 Å². The number of aliphatic imine (C=N–C) groups is 1. The molecule has 1 aliphatic carbocycles. The Bertz CT molecular complexity index is 411. The second-order valence-electron chi connectivity index (χ2n) is 6.77. The molecule has 1 aliphatic heterocycles. The average Bonchev–Trinajstić information content (AvgIpc) is 2.61. The van der Waals surface area contributed by atoms with Gasteiger partial charge in [-0.1, -0.05) is 0 Å². The van der Waals surface area contributed by atoms with Crippen molar-refractivity contribution in [3.05, 3.63) is 0 Å². The summed E-state index contributed by atoms with van der Waals surface area (Å²) in [4.78, 5) is 4.15. The minimum Gasteiger partial charge on any atom is -0.381 e. The maximum Gasteiger partial charge on any atom is 0.391 e. The number of hydrogen-bond donors (Lipinski definition) is 2. The molecule has 154 valence electrons. The molecule has 0 amide bonds. The Kier molecular flexibility index (Phi) is 11.2. The molecule has 0 unspecified atom stereocenters. The first-order chi connectivity index (χ1) is 12.0. The van der Waals surface area contributed by atoms with Crippen LogP contribution in [0.1, 0.15) is 44.9 Å². The Hall–Kier alpha value is -0.290. The molecule has 0 aromatic heterocycles. The lowest BCUT2D eigenvalue weighted by molar-refractivity contribution is -0.182. The van der Waals surface area contributed by atoms with E-state index in [1.165, 1.54) is 0 Å². The molecule has 1 saturated heterocycles. The standard InChI is InChI=1S/C17H30F3N3O2.HI/c1-21-16(22-9-2-10-25-15-7-11-24-12-8-15)23-14-5-3-13(4-6-14)17(18,19)20;/h13-15H,2-12H2,1H3,(H2,21,22,23);1H. The molecule has 0 aromatic carbocycles. The van der Waals surface area contributed by atoms with Crippen LogP contribution in [0.3, 0.4) is 0 Å². The van der Waals surface area contributed by atoms with Gasteiger partial charge in [0, 0.05) is 39.5 Å². The lowest BCUT2D eigenvalue weighted by Crippen LogP contribution is -2.46. The van der Waals surface area contributed by atoms with E-state index in [0.717, 1.165) is 39.0 Å². The summed E-state index contributed by atoms with van der Waals surface area (Å²) < 4.78 is 49.2. The van der Waals surface area contributed by atoms with Gasteiger partial charge in [0.25, 0.3) is 0 Å². The third-order valence-corrected chi connectivity index (χ3v) is 4.89. The van der Waals surface area contributed by atoms with Crippen LogP contribution >= 0.6 is 24.0 Å². The molecule has 0 spiro atoms. The summed E-state index contributed by atoms with van der Waals surface area (Å²) >= 11 is 0. The number of ether oxygens (including phenoxy) is 2. The fourth-order valence-electron chi connectivity index (χ4n) is 3.32. The van der Waals surface area contributed by atoms with Crippen molar-refractivity contribution < 1.29 is 22.6 Å². The van der Waals surface area contributed by atoms with E-state index in [2.05, 4.69) is 15.6 Å². The van der Waals surface area contributed by atoms with Crippen LogP contribution in [0.5, 0.6) is 0 Å². The van der Waals surface area contributed by atoms with Crippen molar-refractivity contribution in [2.45, 2.75) is 63.3 Å². The number of nitrogens with zero attached hydrogens (tertiary/aromatic N) is 1. The Balaban J connectivity index is 0.00000338. The second kappa shape index (κ2) is 12.2. The quantitative estimate of drug-likeness (QED) is 0.258. The molecule has 2 N–H and O–H groups in total. The van der Waals surface area contributed by atoms with Crippen molar-refractivity contribution in [2.24, 2.45) is 10.9 Å². The first-order valence-electron chi connectivity index (χ1n) is 9.22.